The average Bonchev–Trinajstić information content (AvgIpc) is 3.64. The molecule has 1 saturated heterocycles. The second-order valence-corrected chi connectivity index (χ2v) is 10.4. The summed E-state index contributed by atoms with van der Waals surface area (Å²) in [6.07, 6.45) is -0.938. The van der Waals surface area contributed by atoms with Gasteiger partial charge in [0.15, 0.2) is 5.69 Å². The summed E-state index contributed by atoms with van der Waals surface area (Å²) in [6.45, 7) is 2.13. The number of amides is 1. The van der Waals surface area contributed by atoms with Crippen LogP contribution in [0.25, 0.3) is 16.9 Å². The summed E-state index contributed by atoms with van der Waals surface area (Å²) in [4.78, 5) is 27.1. The SMILES string of the molecule is CN1CCC(CN=[N+]=NC(=O)c2cccc(-n3cnc(C(F)(F)F)c3)c2)(c2nc(-c3ccccc3)cs2)CC1. The fourth-order valence-electron chi connectivity index (χ4n) is 4.45. The van der Waals surface area contributed by atoms with Crippen LogP contribution in [-0.2, 0) is 11.6 Å². The minimum absolute atomic E-state index is 0.176. The van der Waals surface area contributed by atoms with E-state index in [4.69, 9.17) is 4.98 Å². The first-order valence-electron chi connectivity index (χ1n) is 12.3. The van der Waals surface area contributed by atoms with E-state index in [1.807, 2.05) is 30.3 Å². The van der Waals surface area contributed by atoms with Crippen LogP contribution >= 0.6 is 11.3 Å². The molecule has 8 nitrogen and oxygen atoms in total. The number of likely N-dealkylation sites (tertiary alicyclic amines) is 1. The second-order valence-electron chi connectivity index (χ2n) is 9.50. The maximum Gasteiger partial charge on any atom is 0.434 e. The number of imidazole rings is 1. The number of thiazole rings is 1. The minimum Gasteiger partial charge on any atom is -0.306 e. The van der Waals surface area contributed by atoms with Gasteiger partial charge in [0.2, 0.25) is 10.0 Å². The van der Waals surface area contributed by atoms with E-state index in [1.165, 1.54) is 16.7 Å². The number of hydrogen-bond donors (Lipinski definition) is 0. The fraction of sp³-hybridized carbons (Fsp3) is 0.296. The van der Waals surface area contributed by atoms with Crippen LogP contribution in [0.5, 0.6) is 0 Å². The lowest BCUT2D eigenvalue weighted by atomic mass is 9.79. The Kier molecular flexibility index (Phi) is 7.51. The first kappa shape index (κ1) is 26.6. The Morgan fingerprint density at radius 1 is 1.13 bits per heavy atom. The summed E-state index contributed by atoms with van der Waals surface area (Å²) in [5.41, 5.74) is 1.18. The highest BCUT2D eigenvalue weighted by Crippen LogP contribution is 2.39. The smallest absolute Gasteiger partial charge is 0.306 e. The molecule has 12 heteroatoms. The van der Waals surface area contributed by atoms with Gasteiger partial charge < -0.3 is 9.47 Å². The molecule has 0 N–H and O–H groups in total. The molecule has 39 heavy (non-hydrogen) atoms. The molecule has 0 spiro atoms. The molecular weight excluding hydrogens is 527 g/mol. The second kappa shape index (κ2) is 11.0. The van der Waals surface area contributed by atoms with Crippen molar-refractivity contribution in [3.63, 3.8) is 0 Å². The highest BCUT2D eigenvalue weighted by atomic mass is 32.1. The third-order valence-electron chi connectivity index (χ3n) is 6.81. The highest BCUT2D eigenvalue weighted by molar-refractivity contribution is 7.10. The van der Waals surface area contributed by atoms with Crippen molar-refractivity contribution >= 4 is 17.2 Å². The molecule has 3 heterocycles. The number of alkyl halides is 3. The molecule has 0 saturated carbocycles. The Labute approximate surface area is 226 Å². The minimum atomic E-state index is -4.55. The van der Waals surface area contributed by atoms with E-state index in [2.05, 4.69) is 37.5 Å². The Morgan fingerprint density at radius 2 is 1.90 bits per heavy atom. The molecule has 2 aromatic heterocycles. The van der Waals surface area contributed by atoms with E-state index in [0.29, 0.717) is 12.2 Å². The van der Waals surface area contributed by atoms with Crippen LogP contribution in [0.4, 0.5) is 13.2 Å². The predicted octanol–water partition coefficient (Wildman–Crippen LogP) is 5.79. The van der Waals surface area contributed by atoms with Crippen LogP contribution in [0.1, 0.15) is 33.9 Å². The molecule has 5 rings (SSSR count). The number of aromatic nitrogens is 3. The first-order valence-corrected chi connectivity index (χ1v) is 13.1. The van der Waals surface area contributed by atoms with E-state index in [9.17, 15) is 18.0 Å². The molecule has 0 bridgehead atoms. The van der Waals surface area contributed by atoms with Crippen molar-refractivity contribution in [2.75, 3.05) is 26.7 Å². The van der Waals surface area contributed by atoms with Gasteiger partial charge in [0.25, 0.3) is 0 Å². The largest absolute Gasteiger partial charge is 0.434 e. The van der Waals surface area contributed by atoms with Gasteiger partial charge in [-0.25, -0.2) is 9.97 Å². The molecule has 1 aliphatic heterocycles. The van der Waals surface area contributed by atoms with Gasteiger partial charge in [0, 0.05) is 22.8 Å². The molecule has 0 radical (unpaired) electrons. The Balaban J connectivity index is 1.33. The molecule has 0 atom stereocenters. The maximum absolute atomic E-state index is 12.9. The van der Waals surface area contributed by atoms with Gasteiger partial charge in [-0.05, 0) is 51.2 Å². The van der Waals surface area contributed by atoms with Crippen LogP contribution in [0.2, 0.25) is 0 Å². The van der Waals surface area contributed by atoms with Gasteiger partial charge in [-0.2, -0.15) is 13.2 Å². The number of carbonyl (C=O) groups is 1. The molecule has 1 fully saturated rings. The van der Waals surface area contributed by atoms with Crippen molar-refractivity contribution < 1.29 is 18.0 Å². The summed E-state index contributed by atoms with van der Waals surface area (Å²) in [7, 11) is 2.08. The molecular formula is C27H25F3N7OS+. The normalized spacial score (nSPS) is 15.5. The number of benzene rings is 2. The summed E-state index contributed by atoms with van der Waals surface area (Å²) >= 11 is 1.61. The quantitative estimate of drug-likeness (QED) is 0.224. The lowest BCUT2D eigenvalue weighted by Crippen LogP contribution is -2.42. The van der Waals surface area contributed by atoms with Crippen LogP contribution in [0.15, 0.2) is 82.7 Å². The van der Waals surface area contributed by atoms with Crippen molar-refractivity contribution in [1.29, 1.82) is 0 Å². The zero-order chi connectivity index (χ0) is 27.5. The van der Waals surface area contributed by atoms with Gasteiger partial charge in [-0.1, -0.05) is 36.4 Å². The van der Waals surface area contributed by atoms with Crippen LogP contribution in [0, 0.1) is 0 Å². The Morgan fingerprint density at radius 3 is 2.62 bits per heavy atom. The number of rotatable bonds is 6. The number of nitrogens with zero attached hydrogens (tertiary/aromatic N) is 7. The van der Waals surface area contributed by atoms with Gasteiger partial charge >= 0.3 is 12.1 Å². The molecule has 2 aromatic carbocycles. The topological polar surface area (TPSA) is 89.8 Å². The lowest BCUT2D eigenvalue weighted by Gasteiger charge is -2.36. The van der Waals surface area contributed by atoms with Crippen molar-refractivity contribution in [1.82, 2.24) is 24.3 Å². The van der Waals surface area contributed by atoms with Gasteiger partial charge in [-0.15, -0.1) is 11.3 Å². The predicted molar refractivity (Wildman–Crippen MR) is 141 cm³/mol. The standard InChI is InChI=1S/C27H25F3N7OS/c1-36-12-10-26(11-13-36,25-33-22(16-39-25)19-6-3-2-4-7-19)17-32-35-34-24(38)20-8-5-9-21(14-20)37-15-23(31-18-37)27(28,29)30/h2-9,14-16,18H,10-13,17H2,1H3/q+1. The number of halogens is 3. The zero-order valence-corrected chi connectivity index (χ0v) is 21.9. The third-order valence-corrected chi connectivity index (χ3v) is 7.90. The maximum atomic E-state index is 12.9. The van der Waals surface area contributed by atoms with E-state index in [1.54, 1.807) is 23.5 Å². The van der Waals surface area contributed by atoms with Crippen molar-refractivity contribution in [3.05, 3.63) is 88.8 Å². The van der Waals surface area contributed by atoms with E-state index >= 15 is 0 Å². The van der Waals surface area contributed by atoms with Crippen LogP contribution < -0.4 is 4.91 Å². The summed E-state index contributed by atoms with van der Waals surface area (Å²) in [5.74, 6) is -0.644. The summed E-state index contributed by atoms with van der Waals surface area (Å²) < 4.78 is 39.9. The lowest BCUT2D eigenvalue weighted by molar-refractivity contribution is -0.140. The van der Waals surface area contributed by atoms with E-state index in [0.717, 1.165) is 54.7 Å². The van der Waals surface area contributed by atoms with Crippen molar-refractivity contribution in [3.8, 4) is 16.9 Å². The van der Waals surface area contributed by atoms with Crippen LogP contribution in [-0.4, -0.2) is 52.0 Å². The molecule has 200 valence electrons. The summed E-state index contributed by atoms with van der Waals surface area (Å²) in [5, 5.41) is 11.1. The Hall–Kier alpha value is -3.99. The van der Waals surface area contributed by atoms with Crippen molar-refractivity contribution in [2.45, 2.75) is 24.4 Å². The highest BCUT2D eigenvalue weighted by Gasteiger charge is 2.40. The average molecular weight is 553 g/mol. The monoisotopic (exact) mass is 552 g/mol. The van der Waals surface area contributed by atoms with Gasteiger partial charge in [-0.3, -0.25) is 4.79 Å². The summed E-state index contributed by atoms with van der Waals surface area (Å²) in [6, 6.07) is 16.1. The van der Waals surface area contributed by atoms with Gasteiger partial charge in [0.1, 0.15) is 16.7 Å². The number of piperidine rings is 1. The number of hydrogen-bond acceptors (Lipinski definition) is 6. The molecule has 0 unspecified atom stereocenters. The van der Waals surface area contributed by atoms with E-state index in [-0.39, 0.29) is 11.0 Å². The Bertz CT molecular complexity index is 1520. The first-order chi connectivity index (χ1) is 18.7. The molecule has 1 aliphatic rings. The van der Waals surface area contributed by atoms with Crippen LogP contribution in [0.3, 0.4) is 0 Å². The fourth-order valence-corrected chi connectivity index (χ4v) is 5.53. The molecule has 0 aliphatic carbocycles. The zero-order valence-electron chi connectivity index (χ0n) is 21.0. The van der Waals surface area contributed by atoms with Crippen molar-refractivity contribution in [2.24, 2.45) is 10.2 Å². The van der Waals surface area contributed by atoms with Gasteiger partial charge in [0.05, 0.1) is 23.0 Å². The van der Waals surface area contributed by atoms with E-state index < -0.39 is 17.8 Å². The molecule has 4 aromatic rings. The third kappa shape index (κ3) is 6.03. The number of carbonyl (C=O) groups excluding carboxylic acids is 1. The molecule has 1 amide bonds.